The van der Waals surface area contributed by atoms with Gasteiger partial charge in [-0.25, -0.2) is 0 Å². The Morgan fingerprint density at radius 2 is 1.74 bits per heavy atom. The van der Waals surface area contributed by atoms with Gasteiger partial charge in [-0.1, -0.05) is 24.3 Å². The molecule has 0 unspecified atom stereocenters. The molecule has 0 bridgehead atoms. The molecule has 7 heteroatoms. The van der Waals surface area contributed by atoms with Gasteiger partial charge in [-0.15, -0.1) is 0 Å². The van der Waals surface area contributed by atoms with E-state index in [4.69, 9.17) is 4.74 Å². The smallest absolute Gasteiger partial charge is 0.256 e. The molecule has 160 valence electrons. The van der Waals surface area contributed by atoms with Crippen molar-refractivity contribution in [2.45, 2.75) is 20.4 Å². The maximum absolute atomic E-state index is 12.9. The standard InChI is InChI=1S/C24H26N4O3/c1-17-15-18(2)28(26-17)16-19-7-9-20(10-8-19)23(29)25-22-6-4-3-5-21(22)24(30)27-11-13-31-14-12-27/h3-10,15H,11-14,16H2,1-2H3,(H,25,29). The summed E-state index contributed by atoms with van der Waals surface area (Å²) in [4.78, 5) is 27.5. The largest absolute Gasteiger partial charge is 0.378 e. The number of nitrogens with one attached hydrogen (secondary N) is 1. The van der Waals surface area contributed by atoms with Gasteiger partial charge in [-0.3, -0.25) is 14.3 Å². The molecule has 0 atom stereocenters. The van der Waals surface area contributed by atoms with E-state index in [0.717, 1.165) is 17.0 Å². The molecule has 1 aliphatic heterocycles. The van der Waals surface area contributed by atoms with Crippen LogP contribution in [-0.2, 0) is 11.3 Å². The molecule has 0 aliphatic carbocycles. The van der Waals surface area contributed by atoms with Gasteiger partial charge in [0.25, 0.3) is 11.8 Å². The third-order valence-corrected chi connectivity index (χ3v) is 5.36. The normalized spacial score (nSPS) is 13.8. The number of anilines is 1. The molecule has 1 saturated heterocycles. The van der Waals surface area contributed by atoms with E-state index in [1.807, 2.05) is 42.8 Å². The van der Waals surface area contributed by atoms with Gasteiger partial charge in [0.05, 0.1) is 36.7 Å². The van der Waals surface area contributed by atoms with Crippen LogP contribution in [0.5, 0.6) is 0 Å². The molecule has 4 rings (SSSR count). The van der Waals surface area contributed by atoms with E-state index in [0.29, 0.717) is 49.7 Å². The Kier molecular flexibility index (Phi) is 6.13. The number of benzene rings is 2. The number of amides is 2. The Labute approximate surface area is 181 Å². The van der Waals surface area contributed by atoms with Gasteiger partial charge in [0.1, 0.15) is 0 Å². The van der Waals surface area contributed by atoms with Crippen molar-refractivity contribution < 1.29 is 14.3 Å². The molecule has 31 heavy (non-hydrogen) atoms. The number of ether oxygens (including phenoxy) is 1. The lowest BCUT2D eigenvalue weighted by atomic mass is 10.1. The third-order valence-electron chi connectivity index (χ3n) is 5.36. The van der Waals surface area contributed by atoms with Gasteiger partial charge < -0.3 is 15.0 Å². The van der Waals surface area contributed by atoms with E-state index >= 15 is 0 Å². The highest BCUT2D eigenvalue weighted by molar-refractivity contribution is 6.09. The van der Waals surface area contributed by atoms with Crippen LogP contribution in [0.15, 0.2) is 54.6 Å². The zero-order valence-electron chi connectivity index (χ0n) is 17.8. The van der Waals surface area contributed by atoms with Crippen molar-refractivity contribution in [1.29, 1.82) is 0 Å². The molecule has 1 aromatic heterocycles. The first-order valence-corrected chi connectivity index (χ1v) is 10.4. The minimum absolute atomic E-state index is 0.0977. The fourth-order valence-corrected chi connectivity index (χ4v) is 3.68. The summed E-state index contributed by atoms with van der Waals surface area (Å²) in [5.41, 5.74) is 4.67. The summed E-state index contributed by atoms with van der Waals surface area (Å²) in [6, 6.07) is 16.6. The molecule has 3 aromatic rings. The minimum atomic E-state index is -0.250. The monoisotopic (exact) mass is 418 g/mol. The van der Waals surface area contributed by atoms with E-state index in [-0.39, 0.29) is 11.8 Å². The van der Waals surface area contributed by atoms with E-state index < -0.39 is 0 Å². The predicted molar refractivity (Wildman–Crippen MR) is 118 cm³/mol. The van der Waals surface area contributed by atoms with Crippen molar-refractivity contribution in [2.24, 2.45) is 0 Å². The molecule has 1 fully saturated rings. The number of rotatable bonds is 5. The fourth-order valence-electron chi connectivity index (χ4n) is 3.68. The third kappa shape index (κ3) is 4.83. The summed E-state index contributed by atoms with van der Waals surface area (Å²) < 4.78 is 7.27. The molecule has 2 amide bonds. The summed E-state index contributed by atoms with van der Waals surface area (Å²) in [6.07, 6.45) is 0. The van der Waals surface area contributed by atoms with Crippen LogP contribution in [-0.4, -0.2) is 52.8 Å². The molecule has 0 saturated carbocycles. The number of para-hydroxylation sites is 1. The van der Waals surface area contributed by atoms with Gasteiger partial charge in [-0.2, -0.15) is 5.10 Å². The highest BCUT2D eigenvalue weighted by Crippen LogP contribution is 2.19. The maximum Gasteiger partial charge on any atom is 0.256 e. The maximum atomic E-state index is 12.9. The Bertz CT molecular complexity index is 1080. The average molecular weight is 418 g/mol. The lowest BCUT2D eigenvalue weighted by molar-refractivity contribution is 0.0303. The summed E-state index contributed by atoms with van der Waals surface area (Å²) in [6.45, 7) is 6.82. The molecule has 1 N–H and O–H groups in total. The molecule has 2 heterocycles. The van der Waals surface area contributed by atoms with Crippen LogP contribution >= 0.6 is 0 Å². The van der Waals surface area contributed by atoms with Crippen LogP contribution in [0.3, 0.4) is 0 Å². The summed E-state index contributed by atoms with van der Waals surface area (Å²) in [7, 11) is 0. The molecule has 0 radical (unpaired) electrons. The van der Waals surface area contributed by atoms with Crippen LogP contribution in [0.1, 0.15) is 37.7 Å². The fraction of sp³-hybridized carbons (Fsp3) is 0.292. The van der Waals surface area contributed by atoms with Crippen molar-refractivity contribution in [3.63, 3.8) is 0 Å². The van der Waals surface area contributed by atoms with Crippen LogP contribution < -0.4 is 5.32 Å². The number of morpholine rings is 1. The van der Waals surface area contributed by atoms with Crippen molar-refractivity contribution in [3.05, 3.63) is 82.7 Å². The first kappa shape index (κ1) is 20.8. The van der Waals surface area contributed by atoms with Crippen molar-refractivity contribution in [1.82, 2.24) is 14.7 Å². The first-order valence-electron chi connectivity index (χ1n) is 10.4. The van der Waals surface area contributed by atoms with Crippen molar-refractivity contribution >= 4 is 17.5 Å². The zero-order chi connectivity index (χ0) is 21.8. The minimum Gasteiger partial charge on any atom is -0.378 e. The van der Waals surface area contributed by atoms with Gasteiger partial charge in [0.15, 0.2) is 0 Å². The number of hydrogen-bond acceptors (Lipinski definition) is 4. The predicted octanol–water partition coefficient (Wildman–Crippen LogP) is 3.27. The van der Waals surface area contributed by atoms with Crippen LogP contribution in [0, 0.1) is 13.8 Å². The second kappa shape index (κ2) is 9.14. The summed E-state index contributed by atoms with van der Waals surface area (Å²) in [5, 5.41) is 7.37. The Hall–Kier alpha value is -3.45. The van der Waals surface area contributed by atoms with Gasteiger partial charge in [0.2, 0.25) is 0 Å². The van der Waals surface area contributed by atoms with Crippen LogP contribution in [0.4, 0.5) is 5.69 Å². The van der Waals surface area contributed by atoms with E-state index in [1.165, 1.54) is 0 Å². The van der Waals surface area contributed by atoms with Crippen LogP contribution in [0.25, 0.3) is 0 Å². The lowest BCUT2D eigenvalue weighted by Gasteiger charge is -2.27. The zero-order valence-corrected chi connectivity index (χ0v) is 17.8. The van der Waals surface area contributed by atoms with Gasteiger partial charge >= 0.3 is 0 Å². The van der Waals surface area contributed by atoms with Crippen molar-refractivity contribution in [3.8, 4) is 0 Å². The number of carbonyl (C=O) groups excluding carboxylic acids is 2. The van der Waals surface area contributed by atoms with E-state index in [2.05, 4.69) is 10.4 Å². The first-order chi connectivity index (χ1) is 15.0. The molecule has 2 aromatic carbocycles. The van der Waals surface area contributed by atoms with Gasteiger partial charge in [-0.05, 0) is 49.7 Å². The summed E-state index contributed by atoms with van der Waals surface area (Å²) >= 11 is 0. The second-order valence-electron chi connectivity index (χ2n) is 7.69. The Morgan fingerprint density at radius 3 is 2.42 bits per heavy atom. The second-order valence-corrected chi connectivity index (χ2v) is 7.69. The number of aromatic nitrogens is 2. The average Bonchev–Trinajstić information content (AvgIpc) is 3.11. The van der Waals surface area contributed by atoms with Crippen molar-refractivity contribution in [2.75, 3.05) is 31.6 Å². The van der Waals surface area contributed by atoms with E-state index in [9.17, 15) is 9.59 Å². The number of carbonyl (C=O) groups is 2. The Morgan fingerprint density at radius 1 is 1.03 bits per heavy atom. The number of hydrogen-bond donors (Lipinski definition) is 1. The quantitative estimate of drug-likeness (QED) is 0.690. The topological polar surface area (TPSA) is 76.5 Å². The Balaban J connectivity index is 1.46. The SMILES string of the molecule is Cc1cc(C)n(Cc2ccc(C(=O)Nc3ccccc3C(=O)N3CCOCC3)cc2)n1. The number of nitrogens with zero attached hydrogens (tertiary/aromatic N) is 3. The lowest BCUT2D eigenvalue weighted by Crippen LogP contribution is -2.41. The highest BCUT2D eigenvalue weighted by Gasteiger charge is 2.21. The molecule has 0 spiro atoms. The van der Waals surface area contributed by atoms with E-state index in [1.54, 1.807) is 35.2 Å². The molecular weight excluding hydrogens is 392 g/mol. The molecular formula is C24H26N4O3. The van der Waals surface area contributed by atoms with Crippen LogP contribution in [0.2, 0.25) is 0 Å². The van der Waals surface area contributed by atoms with Gasteiger partial charge in [0, 0.05) is 24.3 Å². The summed E-state index contributed by atoms with van der Waals surface area (Å²) in [5.74, 6) is -0.348. The number of aryl methyl sites for hydroxylation is 2. The molecule has 7 nitrogen and oxygen atoms in total. The molecule has 1 aliphatic rings. The highest BCUT2D eigenvalue weighted by atomic mass is 16.5.